The molecule has 0 fully saturated rings. The lowest BCUT2D eigenvalue weighted by Crippen LogP contribution is -2.07. The topological polar surface area (TPSA) is 44.1 Å². The summed E-state index contributed by atoms with van der Waals surface area (Å²) >= 11 is 5.84. The molecule has 2 aromatic carbocycles. The van der Waals surface area contributed by atoms with Crippen molar-refractivity contribution in [3.8, 4) is 16.9 Å². The predicted molar refractivity (Wildman–Crippen MR) is 89.9 cm³/mol. The lowest BCUT2D eigenvalue weighted by Gasteiger charge is -2.08. The van der Waals surface area contributed by atoms with Crippen LogP contribution in [0.15, 0.2) is 48.5 Å². The normalized spacial score (nSPS) is 10.7. The van der Waals surface area contributed by atoms with Crippen molar-refractivity contribution in [2.75, 3.05) is 6.61 Å². The number of hydrogen-bond donors (Lipinski definition) is 0. The zero-order valence-electron chi connectivity index (χ0n) is 13.2. The molecule has 0 unspecified atom stereocenters. The van der Waals surface area contributed by atoms with E-state index in [0.29, 0.717) is 16.9 Å². The Morgan fingerprint density at radius 1 is 1.20 bits per heavy atom. The molecule has 0 aliphatic carbocycles. The summed E-state index contributed by atoms with van der Waals surface area (Å²) in [5.41, 5.74) is 1.44. The Labute approximate surface area is 147 Å². The molecule has 3 rings (SSSR count). The molecular weight excluding hydrogens is 350 g/mol. The fraction of sp³-hybridized carbons (Fsp3) is 0.111. The number of carbonyl (C=O) groups excluding carboxylic acids is 1. The van der Waals surface area contributed by atoms with Crippen LogP contribution in [0.25, 0.3) is 16.9 Å². The van der Waals surface area contributed by atoms with Crippen molar-refractivity contribution in [2.24, 2.45) is 0 Å². The molecule has 0 saturated carbocycles. The highest BCUT2D eigenvalue weighted by atomic mass is 35.5. The van der Waals surface area contributed by atoms with Gasteiger partial charge >= 0.3 is 5.97 Å². The highest BCUT2D eigenvalue weighted by molar-refractivity contribution is 6.30. The lowest BCUT2D eigenvalue weighted by atomic mass is 10.1. The Morgan fingerprint density at radius 3 is 2.68 bits per heavy atom. The third kappa shape index (κ3) is 3.53. The summed E-state index contributed by atoms with van der Waals surface area (Å²) in [5, 5.41) is 4.13. The van der Waals surface area contributed by atoms with Gasteiger partial charge in [0.25, 0.3) is 0 Å². The second-order valence-electron chi connectivity index (χ2n) is 5.16. The summed E-state index contributed by atoms with van der Waals surface area (Å²) in [6.45, 7) is 1.88. The third-order valence-corrected chi connectivity index (χ3v) is 3.75. The van der Waals surface area contributed by atoms with E-state index in [2.05, 4.69) is 5.10 Å². The molecule has 0 N–H and O–H groups in total. The fourth-order valence-electron chi connectivity index (χ4n) is 2.35. The summed E-state index contributed by atoms with van der Waals surface area (Å²) < 4.78 is 33.4. The van der Waals surface area contributed by atoms with E-state index in [1.54, 1.807) is 19.1 Å². The van der Waals surface area contributed by atoms with Gasteiger partial charge in [-0.3, -0.25) is 0 Å². The van der Waals surface area contributed by atoms with Crippen LogP contribution in [0.3, 0.4) is 0 Å². The number of aromatic nitrogens is 2. The Balaban J connectivity index is 2.17. The number of esters is 1. The van der Waals surface area contributed by atoms with Gasteiger partial charge < -0.3 is 4.74 Å². The lowest BCUT2D eigenvalue weighted by molar-refractivity contribution is 0.0519. The second-order valence-corrected chi connectivity index (χ2v) is 5.56. The van der Waals surface area contributed by atoms with Gasteiger partial charge in [-0.2, -0.15) is 5.10 Å². The van der Waals surface area contributed by atoms with Gasteiger partial charge in [0.05, 0.1) is 23.0 Å². The van der Waals surface area contributed by atoms with Crippen molar-refractivity contribution in [1.29, 1.82) is 0 Å². The first-order valence-electron chi connectivity index (χ1n) is 7.48. The smallest absolute Gasteiger partial charge is 0.358 e. The van der Waals surface area contributed by atoms with E-state index in [1.165, 1.54) is 41.1 Å². The van der Waals surface area contributed by atoms with E-state index in [0.717, 1.165) is 0 Å². The van der Waals surface area contributed by atoms with E-state index >= 15 is 0 Å². The van der Waals surface area contributed by atoms with Crippen molar-refractivity contribution in [1.82, 2.24) is 9.78 Å². The van der Waals surface area contributed by atoms with Crippen LogP contribution in [0.4, 0.5) is 8.78 Å². The molecule has 0 spiro atoms. The Morgan fingerprint density at radius 2 is 2.00 bits per heavy atom. The highest BCUT2D eigenvalue weighted by Crippen LogP contribution is 2.27. The average Bonchev–Trinajstić information content (AvgIpc) is 3.03. The molecule has 128 valence electrons. The molecule has 1 heterocycles. The van der Waals surface area contributed by atoms with Crippen LogP contribution in [0.5, 0.6) is 0 Å². The SMILES string of the molecule is CCOC(=O)c1cc(-c2cccc(F)c2)n(-c2ccc(F)c(Cl)c2)n1. The van der Waals surface area contributed by atoms with Crippen LogP contribution in [-0.2, 0) is 4.74 Å². The number of nitrogens with zero attached hydrogens (tertiary/aromatic N) is 2. The number of rotatable bonds is 4. The van der Waals surface area contributed by atoms with Gasteiger partial charge in [-0.1, -0.05) is 23.7 Å². The van der Waals surface area contributed by atoms with E-state index in [-0.39, 0.29) is 17.3 Å². The molecule has 0 aliphatic rings. The zero-order valence-corrected chi connectivity index (χ0v) is 13.9. The second kappa shape index (κ2) is 7.03. The van der Waals surface area contributed by atoms with E-state index in [9.17, 15) is 13.6 Å². The molecular formula is C18H13ClF2N2O2. The van der Waals surface area contributed by atoms with Crippen molar-refractivity contribution in [2.45, 2.75) is 6.92 Å². The Hall–Kier alpha value is -2.73. The average molecular weight is 363 g/mol. The van der Waals surface area contributed by atoms with Crippen molar-refractivity contribution in [3.63, 3.8) is 0 Å². The molecule has 0 radical (unpaired) electrons. The molecule has 7 heteroatoms. The zero-order chi connectivity index (χ0) is 18.0. The molecule has 25 heavy (non-hydrogen) atoms. The maximum Gasteiger partial charge on any atom is 0.358 e. The first-order chi connectivity index (χ1) is 12.0. The molecule has 0 saturated heterocycles. The highest BCUT2D eigenvalue weighted by Gasteiger charge is 2.18. The van der Waals surface area contributed by atoms with Gasteiger partial charge in [-0.05, 0) is 43.3 Å². The number of halogens is 3. The number of carbonyl (C=O) groups is 1. The standard InChI is InChI=1S/C18H13ClF2N2O2/c1-2-25-18(24)16-10-17(11-4-3-5-12(20)8-11)23(22-16)13-6-7-15(21)14(19)9-13/h3-10H,2H2,1H3. The summed E-state index contributed by atoms with van der Waals surface area (Å²) in [6.07, 6.45) is 0. The monoisotopic (exact) mass is 362 g/mol. The van der Waals surface area contributed by atoms with Crippen LogP contribution >= 0.6 is 11.6 Å². The molecule has 0 bridgehead atoms. The summed E-state index contributed by atoms with van der Waals surface area (Å²) in [7, 11) is 0. The molecule has 0 amide bonds. The minimum atomic E-state index is -0.605. The third-order valence-electron chi connectivity index (χ3n) is 3.46. The Kier molecular flexibility index (Phi) is 4.81. The molecule has 3 aromatic rings. The van der Waals surface area contributed by atoms with Crippen LogP contribution in [0.2, 0.25) is 5.02 Å². The number of ether oxygens (including phenoxy) is 1. The van der Waals surface area contributed by atoms with Gasteiger partial charge in [0.2, 0.25) is 0 Å². The molecule has 4 nitrogen and oxygen atoms in total. The van der Waals surface area contributed by atoms with Crippen LogP contribution in [0, 0.1) is 11.6 Å². The van der Waals surface area contributed by atoms with Gasteiger partial charge in [-0.15, -0.1) is 0 Å². The Bertz CT molecular complexity index is 941. The van der Waals surface area contributed by atoms with E-state index in [4.69, 9.17) is 16.3 Å². The van der Waals surface area contributed by atoms with Crippen molar-refractivity contribution >= 4 is 17.6 Å². The first-order valence-corrected chi connectivity index (χ1v) is 7.86. The maximum absolute atomic E-state index is 13.6. The minimum Gasteiger partial charge on any atom is -0.461 e. The number of benzene rings is 2. The fourth-order valence-corrected chi connectivity index (χ4v) is 2.53. The van der Waals surface area contributed by atoms with Crippen LogP contribution in [-0.4, -0.2) is 22.4 Å². The van der Waals surface area contributed by atoms with Gasteiger partial charge in [0.1, 0.15) is 11.6 Å². The summed E-state index contributed by atoms with van der Waals surface area (Å²) in [4.78, 5) is 12.0. The molecule has 1 aromatic heterocycles. The maximum atomic E-state index is 13.6. The summed E-state index contributed by atoms with van der Waals surface area (Å²) in [5.74, 6) is -1.61. The summed E-state index contributed by atoms with van der Waals surface area (Å²) in [6, 6.07) is 11.4. The molecule has 0 atom stereocenters. The predicted octanol–water partition coefficient (Wildman–Crippen LogP) is 4.65. The van der Waals surface area contributed by atoms with Gasteiger partial charge in [0, 0.05) is 5.56 Å². The van der Waals surface area contributed by atoms with Crippen molar-refractivity contribution in [3.05, 3.63) is 70.9 Å². The largest absolute Gasteiger partial charge is 0.461 e. The van der Waals surface area contributed by atoms with Gasteiger partial charge in [-0.25, -0.2) is 18.3 Å². The van der Waals surface area contributed by atoms with Crippen LogP contribution in [0.1, 0.15) is 17.4 Å². The van der Waals surface area contributed by atoms with E-state index in [1.807, 2.05) is 0 Å². The number of hydrogen-bond acceptors (Lipinski definition) is 3. The minimum absolute atomic E-state index is 0.0570. The quantitative estimate of drug-likeness (QED) is 0.635. The van der Waals surface area contributed by atoms with Crippen LogP contribution < -0.4 is 0 Å². The van der Waals surface area contributed by atoms with E-state index < -0.39 is 17.6 Å². The van der Waals surface area contributed by atoms with Crippen molar-refractivity contribution < 1.29 is 18.3 Å². The van der Waals surface area contributed by atoms with Gasteiger partial charge in [0.15, 0.2) is 5.69 Å². The molecule has 0 aliphatic heterocycles. The first kappa shape index (κ1) is 17.1.